The average Bonchev–Trinajstić information content (AvgIpc) is 3.02. The third-order valence-corrected chi connectivity index (χ3v) is 3.98. The highest BCUT2D eigenvalue weighted by molar-refractivity contribution is 5.99. The van der Waals surface area contributed by atoms with Crippen molar-refractivity contribution >= 4 is 5.84 Å². The topological polar surface area (TPSA) is 60.1 Å². The number of rotatable bonds is 5. The number of benzene rings is 2. The lowest BCUT2D eigenvalue weighted by molar-refractivity contribution is 0.391. The quantitative estimate of drug-likeness (QED) is 0.860. The zero-order valence-corrected chi connectivity index (χ0v) is 13.5. The lowest BCUT2D eigenvalue weighted by Crippen LogP contribution is -2.34. The number of nitrogens with two attached hydrogens (primary N) is 1. The maximum atomic E-state index is 5.91. The molecule has 0 unspecified atom stereocenters. The third-order valence-electron chi connectivity index (χ3n) is 3.98. The number of amidine groups is 1. The number of hydrogen-bond acceptors (Lipinski definition) is 5. The average molecular weight is 311 g/mol. The molecule has 2 aromatic rings. The molecule has 1 aliphatic rings. The van der Waals surface area contributed by atoms with Crippen LogP contribution in [-0.4, -0.2) is 38.2 Å². The molecule has 0 saturated heterocycles. The monoisotopic (exact) mass is 311 g/mol. The molecule has 0 atom stereocenters. The van der Waals surface area contributed by atoms with Gasteiger partial charge >= 0.3 is 0 Å². The van der Waals surface area contributed by atoms with Gasteiger partial charge in [0.15, 0.2) is 0 Å². The second kappa shape index (κ2) is 6.71. The molecule has 2 aromatic carbocycles. The van der Waals surface area contributed by atoms with Crippen molar-refractivity contribution in [2.24, 2.45) is 10.8 Å². The molecule has 5 nitrogen and oxygen atoms in total. The standard InChI is InChI=1S/C18H21N3O2/c1-22-16-8-7-15(17(12-16)23-2)11-13-3-5-14(6-4-13)18-20-9-10-21(18)19/h3-8,12H,9-11,19H2,1-2H3. The summed E-state index contributed by atoms with van der Waals surface area (Å²) >= 11 is 0. The van der Waals surface area contributed by atoms with E-state index in [1.165, 1.54) is 5.56 Å². The van der Waals surface area contributed by atoms with Crippen LogP contribution in [0.2, 0.25) is 0 Å². The van der Waals surface area contributed by atoms with Gasteiger partial charge < -0.3 is 9.47 Å². The zero-order valence-electron chi connectivity index (χ0n) is 13.5. The first-order valence-electron chi connectivity index (χ1n) is 7.58. The van der Waals surface area contributed by atoms with Crippen LogP contribution in [0.15, 0.2) is 47.5 Å². The highest BCUT2D eigenvalue weighted by Crippen LogP contribution is 2.26. The molecule has 0 radical (unpaired) electrons. The lowest BCUT2D eigenvalue weighted by atomic mass is 10.0. The van der Waals surface area contributed by atoms with Crippen molar-refractivity contribution in [2.45, 2.75) is 6.42 Å². The van der Waals surface area contributed by atoms with E-state index < -0.39 is 0 Å². The van der Waals surface area contributed by atoms with Gasteiger partial charge in [-0.05, 0) is 17.2 Å². The van der Waals surface area contributed by atoms with Crippen molar-refractivity contribution in [1.29, 1.82) is 0 Å². The first kappa shape index (κ1) is 15.4. The first-order chi connectivity index (χ1) is 11.2. The van der Waals surface area contributed by atoms with Gasteiger partial charge in [-0.15, -0.1) is 0 Å². The molecule has 0 saturated carbocycles. The van der Waals surface area contributed by atoms with Gasteiger partial charge in [0, 0.05) is 18.1 Å². The first-order valence-corrected chi connectivity index (χ1v) is 7.58. The Morgan fingerprint density at radius 1 is 1.09 bits per heavy atom. The van der Waals surface area contributed by atoms with Crippen LogP contribution in [0.1, 0.15) is 16.7 Å². The fourth-order valence-electron chi connectivity index (χ4n) is 2.71. The maximum absolute atomic E-state index is 5.91. The molecule has 120 valence electrons. The Bertz CT molecular complexity index is 711. The summed E-state index contributed by atoms with van der Waals surface area (Å²) in [6, 6.07) is 14.2. The summed E-state index contributed by atoms with van der Waals surface area (Å²) in [5.41, 5.74) is 3.38. The van der Waals surface area contributed by atoms with Crippen molar-refractivity contribution in [1.82, 2.24) is 5.01 Å². The van der Waals surface area contributed by atoms with Crippen molar-refractivity contribution < 1.29 is 9.47 Å². The van der Waals surface area contributed by atoms with E-state index in [9.17, 15) is 0 Å². The Morgan fingerprint density at radius 2 is 1.87 bits per heavy atom. The van der Waals surface area contributed by atoms with Gasteiger partial charge in [-0.25, -0.2) is 5.84 Å². The van der Waals surface area contributed by atoms with E-state index in [2.05, 4.69) is 29.3 Å². The Hall–Kier alpha value is -2.53. The Morgan fingerprint density at radius 3 is 2.48 bits per heavy atom. The number of methoxy groups -OCH3 is 2. The molecular weight excluding hydrogens is 290 g/mol. The Kier molecular flexibility index (Phi) is 4.48. The highest BCUT2D eigenvalue weighted by atomic mass is 16.5. The largest absolute Gasteiger partial charge is 0.497 e. The SMILES string of the molecule is COc1ccc(Cc2ccc(C3=NCCN3N)cc2)c(OC)c1. The highest BCUT2D eigenvalue weighted by Gasteiger charge is 2.15. The summed E-state index contributed by atoms with van der Waals surface area (Å²) < 4.78 is 10.7. The van der Waals surface area contributed by atoms with E-state index in [4.69, 9.17) is 15.3 Å². The molecular formula is C18H21N3O2. The second-order valence-electron chi connectivity index (χ2n) is 5.45. The van der Waals surface area contributed by atoms with Gasteiger partial charge in [0.1, 0.15) is 17.3 Å². The van der Waals surface area contributed by atoms with Gasteiger partial charge in [-0.2, -0.15) is 0 Å². The number of nitrogens with zero attached hydrogens (tertiary/aromatic N) is 2. The number of hydrazine groups is 1. The molecule has 0 fully saturated rings. The normalized spacial score (nSPS) is 13.9. The van der Waals surface area contributed by atoms with Crippen LogP contribution in [0.5, 0.6) is 11.5 Å². The predicted octanol–water partition coefficient (Wildman–Crippen LogP) is 2.23. The molecule has 0 amide bonds. The molecule has 0 aliphatic carbocycles. The molecule has 1 heterocycles. The summed E-state index contributed by atoms with van der Waals surface area (Å²) in [6.07, 6.45) is 0.798. The molecule has 5 heteroatoms. The molecule has 23 heavy (non-hydrogen) atoms. The Labute approximate surface area is 136 Å². The minimum Gasteiger partial charge on any atom is -0.497 e. The van der Waals surface area contributed by atoms with Crippen molar-refractivity contribution in [3.05, 3.63) is 59.2 Å². The molecule has 2 N–H and O–H groups in total. The summed E-state index contributed by atoms with van der Waals surface area (Å²) in [5.74, 6) is 8.40. The van der Waals surface area contributed by atoms with E-state index in [1.807, 2.05) is 18.2 Å². The van der Waals surface area contributed by atoms with Gasteiger partial charge in [0.05, 0.1) is 27.3 Å². The number of ether oxygens (including phenoxy) is 2. The van der Waals surface area contributed by atoms with Gasteiger partial charge in [-0.3, -0.25) is 10.0 Å². The van der Waals surface area contributed by atoms with E-state index >= 15 is 0 Å². The lowest BCUT2D eigenvalue weighted by Gasteiger charge is -2.14. The molecule has 0 spiro atoms. The molecule has 0 aromatic heterocycles. The smallest absolute Gasteiger partial charge is 0.145 e. The molecule has 1 aliphatic heterocycles. The Balaban J connectivity index is 1.78. The zero-order chi connectivity index (χ0) is 16.2. The molecule has 0 bridgehead atoms. The summed E-state index contributed by atoms with van der Waals surface area (Å²) in [6.45, 7) is 1.54. The van der Waals surface area contributed by atoms with E-state index in [0.717, 1.165) is 48.0 Å². The van der Waals surface area contributed by atoms with Crippen molar-refractivity contribution in [3.63, 3.8) is 0 Å². The summed E-state index contributed by atoms with van der Waals surface area (Å²) in [4.78, 5) is 4.43. The minimum absolute atomic E-state index is 0.761. The molecule has 3 rings (SSSR count). The number of aliphatic imine (C=N–C) groups is 1. The van der Waals surface area contributed by atoms with Gasteiger partial charge in [-0.1, -0.05) is 30.3 Å². The summed E-state index contributed by atoms with van der Waals surface area (Å²) in [5, 5.41) is 1.70. The maximum Gasteiger partial charge on any atom is 0.145 e. The summed E-state index contributed by atoms with van der Waals surface area (Å²) in [7, 11) is 3.33. The number of hydrogen-bond donors (Lipinski definition) is 1. The van der Waals surface area contributed by atoms with E-state index in [0.29, 0.717) is 0 Å². The fraction of sp³-hybridized carbons (Fsp3) is 0.278. The second-order valence-corrected chi connectivity index (χ2v) is 5.45. The minimum atomic E-state index is 0.761. The van der Waals surface area contributed by atoms with Crippen LogP contribution >= 0.6 is 0 Å². The van der Waals surface area contributed by atoms with Crippen molar-refractivity contribution in [2.75, 3.05) is 27.3 Å². The van der Waals surface area contributed by atoms with Crippen LogP contribution < -0.4 is 15.3 Å². The third kappa shape index (κ3) is 3.29. The van der Waals surface area contributed by atoms with Crippen LogP contribution in [-0.2, 0) is 6.42 Å². The van der Waals surface area contributed by atoms with Crippen LogP contribution in [0, 0.1) is 0 Å². The van der Waals surface area contributed by atoms with E-state index in [-0.39, 0.29) is 0 Å². The van der Waals surface area contributed by atoms with Crippen LogP contribution in [0.4, 0.5) is 0 Å². The van der Waals surface area contributed by atoms with Crippen molar-refractivity contribution in [3.8, 4) is 11.5 Å². The van der Waals surface area contributed by atoms with Crippen LogP contribution in [0.3, 0.4) is 0 Å². The van der Waals surface area contributed by atoms with Gasteiger partial charge in [0.25, 0.3) is 0 Å². The van der Waals surface area contributed by atoms with E-state index in [1.54, 1.807) is 19.2 Å². The predicted molar refractivity (Wildman–Crippen MR) is 91.1 cm³/mol. The fourth-order valence-corrected chi connectivity index (χ4v) is 2.71. The van der Waals surface area contributed by atoms with Gasteiger partial charge in [0.2, 0.25) is 0 Å². The van der Waals surface area contributed by atoms with Crippen LogP contribution in [0.25, 0.3) is 0 Å².